The lowest BCUT2D eigenvalue weighted by molar-refractivity contribution is 0.266. The molecule has 0 aliphatic rings. The molecule has 0 radical (unpaired) electrons. The maximum atomic E-state index is 9.29. The molecule has 2 aromatic carbocycles. The van der Waals surface area contributed by atoms with Crippen molar-refractivity contribution >= 4 is 41.3 Å². The van der Waals surface area contributed by atoms with Gasteiger partial charge < -0.3 is 9.53 Å². The molecule has 2 aromatic rings. The van der Waals surface area contributed by atoms with Gasteiger partial charge in [0.2, 0.25) is 0 Å². The van der Waals surface area contributed by atoms with E-state index >= 15 is 0 Å². The average Bonchev–Trinajstić information content (AvgIpc) is 2.62. The van der Waals surface area contributed by atoms with Gasteiger partial charge >= 0.3 is 0 Å². The van der Waals surface area contributed by atoms with Crippen LogP contribution in [0.5, 0.6) is 0 Å². The Bertz CT molecular complexity index is 668. The molecule has 0 amide bonds. The number of benzene rings is 2. The molecule has 0 aliphatic heterocycles. The van der Waals surface area contributed by atoms with Crippen molar-refractivity contribution < 1.29 is 9.53 Å². The highest BCUT2D eigenvalue weighted by Gasteiger charge is 2.50. The fraction of sp³-hybridized carbons (Fsp3) is 0.364. The van der Waals surface area contributed by atoms with E-state index in [4.69, 9.17) is 4.43 Å². The smallest absolute Gasteiger partial charge is 0.261 e. The van der Waals surface area contributed by atoms with Gasteiger partial charge in [0.05, 0.1) is 6.61 Å². The molecule has 1 atom stereocenters. The van der Waals surface area contributed by atoms with Crippen LogP contribution in [0.2, 0.25) is 5.04 Å². The lowest BCUT2D eigenvalue weighted by Gasteiger charge is -2.43. The summed E-state index contributed by atoms with van der Waals surface area (Å²) < 4.78 is 7.84. The third-order valence-electron chi connectivity index (χ3n) is 4.60. The molecule has 0 aromatic heterocycles. The zero-order chi connectivity index (χ0) is 19.2. The van der Waals surface area contributed by atoms with Crippen molar-refractivity contribution in [2.24, 2.45) is 5.92 Å². The lowest BCUT2D eigenvalue weighted by atomic mass is 10.2. The number of aliphatic hydroxyl groups excluding tert-OH is 1. The summed E-state index contributed by atoms with van der Waals surface area (Å²) in [4.78, 5) is 0. The van der Waals surface area contributed by atoms with Gasteiger partial charge in [-0.25, -0.2) is 0 Å². The molecule has 26 heavy (non-hydrogen) atoms. The van der Waals surface area contributed by atoms with Crippen molar-refractivity contribution in [3.05, 3.63) is 70.3 Å². The minimum atomic E-state index is -2.47. The second-order valence-corrected chi connectivity index (χ2v) is 13.4. The Morgan fingerprint density at radius 3 is 1.88 bits per heavy atom. The van der Waals surface area contributed by atoms with E-state index in [1.807, 2.05) is 0 Å². The van der Waals surface area contributed by atoms with Gasteiger partial charge in [0, 0.05) is 10.2 Å². The van der Waals surface area contributed by atoms with Gasteiger partial charge in [-0.1, -0.05) is 94.4 Å². The first-order chi connectivity index (χ1) is 12.3. The van der Waals surface area contributed by atoms with Crippen LogP contribution in [0.4, 0.5) is 0 Å². The van der Waals surface area contributed by atoms with Crippen molar-refractivity contribution in [3.63, 3.8) is 0 Å². The van der Waals surface area contributed by atoms with Crippen LogP contribution in [0.1, 0.15) is 27.7 Å². The Morgan fingerprint density at radius 2 is 1.50 bits per heavy atom. The predicted octanol–water partition coefficient (Wildman–Crippen LogP) is 4.51. The van der Waals surface area contributed by atoms with Crippen molar-refractivity contribution in [1.29, 1.82) is 0 Å². The molecule has 0 heterocycles. The summed E-state index contributed by atoms with van der Waals surface area (Å²) in [6.07, 6.45) is 2.10. The van der Waals surface area contributed by atoms with Gasteiger partial charge in [0.15, 0.2) is 0 Å². The second kappa shape index (κ2) is 9.31. The summed E-state index contributed by atoms with van der Waals surface area (Å²) in [5.41, 5.74) is 0. The molecule has 0 bridgehead atoms. The molecule has 0 spiro atoms. The highest BCUT2D eigenvalue weighted by Crippen LogP contribution is 2.37. The van der Waals surface area contributed by atoms with Crippen LogP contribution in [-0.2, 0) is 4.43 Å². The number of rotatable bonds is 7. The van der Waals surface area contributed by atoms with E-state index < -0.39 is 8.32 Å². The maximum Gasteiger partial charge on any atom is 0.261 e. The highest BCUT2D eigenvalue weighted by atomic mass is 127. The first-order valence-corrected chi connectivity index (χ1v) is 12.0. The van der Waals surface area contributed by atoms with E-state index in [2.05, 4.69) is 117 Å². The molecular formula is C22H29IO2Si. The lowest BCUT2D eigenvalue weighted by Crippen LogP contribution is -2.66. The normalized spacial score (nSPS) is 14.3. The number of hydrogen-bond donors (Lipinski definition) is 1. The van der Waals surface area contributed by atoms with Crippen molar-refractivity contribution in [1.82, 2.24) is 0 Å². The Balaban J connectivity index is 2.51. The van der Waals surface area contributed by atoms with Crippen molar-refractivity contribution in [2.75, 3.05) is 13.2 Å². The zero-order valence-corrected chi connectivity index (χ0v) is 19.2. The highest BCUT2D eigenvalue weighted by molar-refractivity contribution is 14.1. The van der Waals surface area contributed by atoms with Crippen LogP contribution in [0.3, 0.4) is 0 Å². The number of hydrogen-bond acceptors (Lipinski definition) is 2. The number of halogens is 1. The SMILES string of the molecule is CC(/C=C(\I)CO)CO[Si](c1ccccc1)(c1ccccc1)C(C)(C)C. The van der Waals surface area contributed by atoms with Crippen LogP contribution in [0.25, 0.3) is 0 Å². The molecule has 4 heteroatoms. The van der Waals surface area contributed by atoms with E-state index in [0.29, 0.717) is 6.61 Å². The van der Waals surface area contributed by atoms with E-state index in [-0.39, 0.29) is 17.6 Å². The quantitative estimate of drug-likeness (QED) is 0.467. The molecule has 2 rings (SSSR count). The summed E-state index contributed by atoms with van der Waals surface area (Å²) >= 11 is 2.19. The summed E-state index contributed by atoms with van der Waals surface area (Å²) in [7, 11) is -2.47. The van der Waals surface area contributed by atoms with Crippen LogP contribution >= 0.6 is 22.6 Å². The molecule has 0 fully saturated rings. The van der Waals surface area contributed by atoms with Gasteiger partial charge in [0.25, 0.3) is 8.32 Å². The number of aliphatic hydroxyl groups is 1. The van der Waals surface area contributed by atoms with E-state index in [9.17, 15) is 5.11 Å². The molecule has 1 unspecified atom stereocenters. The molecule has 0 saturated carbocycles. The van der Waals surface area contributed by atoms with Gasteiger partial charge in [-0.2, -0.15) is 0 Å². The minimum absolute atomic E-state index is 0.0106. The molecule has 140 valence electrons. The Labute approximate surface area is 172 Å². The Hall–Kier alpha value is -0.953. The van der Waals surface area contributed by atoms with Crippen molar-refractivity contribution in [3.8, 4) is 0 Å². The van der Waals surface area contributed by atoms with E-state index in [1.54, 1.807) is 0 Å². The maximum absolute atomic E-state index is 9.29. The Kier molecular flexibility index (Phi) is 7.64. The van der Waals surface area contributed by atoms with Crippen LogP contribution in [0.15, 0.2) is 70.3 Å². The topological polar surface area (TPSA) is 29.5 Å². The summed E-state index contributed by atoms with van der Waals surface area (Å²) in [6, 6.07) is 21.4. The van der Waals surface area contributed by atoms with Crippen molar-refractivity contribution in [2.45, 2.75) is 32.7 Å². The third kappa shape index (κ3) is 4.85. The monoisotopic (exact) mass is 480 g/mol. The fourth-order valence-electron chi connectivity index (χ4n) is 3.43. The van der Waals surface area contributed by atoms with E-state index in [1.165, 1.54) is 10.4 Å². The average molecular weight is 480 g/mol. The molecule has 0 aliphatic carbocycles. The zero-order valence-electron chi connectivity index (χ0n) is 16.1. The van der Waals surface area contributed by atoms with Gasteiger partial charge in [-0.3, -0.25) is 0 Å². The van der Waals surface area contributed by atoms with Crippen LogP contribution in [-0.4, -0.2) is 26.6 Å². The second-order valence-electron chi connectivity index (χ2n) is 7.72. The van der Waals surface area contributed by atoms with Gasteiger partial charge in [0.1, 0.15) is 0 Å². The molecule has 1 N–H and O–H groups in total. The summed E-state index contributed by atoms with van der Waals surface area (Å²) in [5.74, 6) is 0.246. The van der Waals surface area contributed by atoms with Crippen LogP contribution < -0.4 is 10.4 Å². The summed E-state index contributed by atoms with van der Waals surface area (Å²) in [5, 5.41) is 11.9. The Morgan fingerprint density at radius 1 is 1.04 bits per heavy atom. The fourth-order valence-corrected chi connectivity index (χ4v) is 8.71. The minimum Gasteiger partial charge on any atom is -0.407 e. The van der Waals surface area contributed by atoms with E-state index in [0.717, 1.165) is 3.58 Å². The van der Waals surface area contributed by atoms with Crippen LogP contribution in [0, 0.1) is 5.92 Å². The predicted molar refractivity (Wildman–Crippen MR) is 122 cm³/mol. The van der Waals surface area contributed by atoms with Gasteiger partial charge in [-0.05, 0) is 43.9 Å². The third-order valence-corrected chi connectivity index (χ3v) is 10.3. The molecule has 2 nitrogen and oxygen atoms in total. The molecular weight excluding hydrogens is 451 g/mol. The van der Waals surface area contributed by atoms with Gasteiger partial charge in [-0.15, -0.1) is 0 Å². The first kappa shape index (κ1) is 21.3. The first-order valence-electron chi connectivity index (χ1n) is 9.03. The summed E-state index contributed by atoms with van der Waals surface area (Å²) in [6.45, 7) is 9.74. The molecule has 0 saturated heterocycles. The standard InChI is InChI=1S/C22H29IO2Si/c1-18(15-19(23)16-24)17-25-26(22(2,3)4,20-11-7-5-8-12-20)21-13-9-6-10-14-21/h5-15,18,24H,16-17H2,1-4H3/b19-15-. The largest absolute Gasteiger partial charge is 0.407 e.